The Morgan fingerprint density at radius 1 is 1.10 bits per heavy atom. The topological polar surface area (TPSA) is 29.1 Å². The molecule has 0 spiro atoms. The van der Waals surface area contributed by atoms with Crippen molar-refractivity contribution in [2.75, 3.05) is 0 Å². The van der Waals surface area contributed by atoms with E-state index in [0.29, 0.717) is 5.92 Å². The maximum absolute atomic E-state index is 12.7. The number of carbonyl (C=O) groups is 1. The van der Waals surface area contributed by atoms with Gasteiger partial charge in [-0.15, -0.1) is 0 Å². The van der Waals surface area contributed by atoms with E-state index in [-0.39, 0.29) is 17.4 Å². The molecule has 1 fully saturated rings. The largest absolute Gasteiger partial charge is 0.351 e. The molecular formula is C18H27NO. The van der Waals surface area contributed by atoms with Crippen molar-refractivity contribution in [1.82, 2.24) is 5.32 Å². The first-order valence-corrected chi connectivity index (χ1v) is 7.84. The zero-order valence-corrected chi connectivity index (χ0v) is 13.0. The highest BCUT2D eigenvalue weighted by Gasteiger charge is 2.32. The molecule has 1 aromatic rings. The summed E-state index contributed by atoms with van der Waals surface area (Å²) in [5, 5.41) is 3.18. The van der Waals surface area contributed by atoms with Gasteiger partial charge >= 0.3 is 0 Å². The molecule has 20 heavy (non-hydrogen) atoms. The lowest BCUT2D eigenvalue weighted by Gasteiger charge is -2.32. The van der Waals surface area contributed by atoms with Crippen LogP contribution in [-0.4, -0.2) is 11.4 Å². The summed E-state index contributed by atoms with van der Waals surface area (Å²) in [6.45, 7) is 6.15. The highest BCUT2D eigenvalue weighted by molar-refractivity contribution is 5.84. The summed E-state index contributed by atoms with van der Waals surface area (Å²) in [4.78, 5) is 12.7. The Morgan fingerprint density at radius 3 is 2.25 bits per heavy atom. The Hall–Kier alpha value is -1.31. The molecule has 0 radical (unpaired) electrons. The Morgan fingerprint density at radius 2 is 1.70 bits per heavy atom. The summed E-state index contributed by atoms with van der Waals surface area (Å²) in [6.07, 6.45) is 6.20. The van der Waals surface area contributed by atoms with Crippen LogP contribution in [0.1, 0.15) is 64.4 Å². The van der Waals surface area contributed by atoms with E-state index in [1.165, 1.54) is 37.7 Å². The van der Waals surface area contributed by atoms with Gasteiger partial charge in [0.2, 0.25) is 5.91 Å². The summed E-state index contributed by atoms with van der Waals surface area (Å²) >= 11 is 0. The van der Waals surface area contributed by atoms with Crippen LogP contribution < -0.4 is 5.32 Å². The van der Waals surface area contributed by atoms with E-state index in [1.54, 1.807) is 0 Å². The van der Waals surface area contributed by atoms with E-state index >= 15 is 0 Å². The third-order valence-corrected chi connectivity index (χ3v) is 4.06. The summed E-state index contributed by atoms with van der Waals surface area (Å²) in [5.74, 6) is 0.694. The zero-order valence-electron chi connectivity index (χ0n) is 13.0. The summed E-state index contributed by atoms with van der Waals surface area (Å²) in [6, 6.07) is 10.3. The molecule has 1 saturated carbocycles. The van der Waals surface area contributed by atoms with Gasteiger partial charge < -0.3 is 5.32 Å². The Labute approximate surface area is 123 Å². The van der Waals surface area contributed by atoms with Crippen molar-refractivity contribution in [3.05, 3.63) is 35.9 Å². The molecule has 1 amide bonds. The molecule has 0 bridgehead atoms. The van der Waals surface area contributed by atoms with Crippen LogP contribution in [0.2, 0.25) is 0 Å². The van der Waals surface area contributed by atoms with Crippen LogP contribution in [0, 0.1) is 5.92 Å². The molecular weight excluding hydrogens is 246 g/mol. The molecule has 1 aliphatic carbocycles. The van der Waals surface area contributed by atoms with Gasteiger partial charge in [0.05, 0.1) is 5.92 Å². The first kappa shape index (κ1) is 15.1. The number of hydrogen-bond donors (Lipinski definition) is 1. The monoisotopic (exact) mass is 273 g/mol. The number of rotatable bonds is 3. The van der Waals surface area contributed by atoms with Crippen molar-refractivity contribution in [3.8, 4) is 0 Å². The van der Waals surface area contributed by atoms with Crippen LogP contribution in [0.4, 0.5) is 0 Å². The Kier molecular flexibility index (Phi) is 4.85. The first-order valence-electron chi connectivity index (χ1n) is 7.84. The maximum atomic E-state index is 12.7. The second-order valence-electron chi connectivity index (χ2n) is 7.03. The van der Waals surface area contributed by atoms with Crippen LogP contribution in [0.5, 0.6) is 0 Å². The van der Waals surface area contributed by atoms with E-state index in [1.807, 2.05) is 39.0 Å². The Bertz CT molecular complexity index is 426. The van der Waals surface area contributed by atoms with Gasteiger partial charge in [0, 0.05) is 5.54 Å². The van der Waals surface area contributed by atoms with E-state index in [9.17, 15) is 4.79 Å². The third-order valence-electron chi connectivity index (χ3n) is 4.06. The van der Waals surface area contributed by atoms with Crippen molar-refractivity contribution < 1.29 is 4.79 Å². The predicted molar refractivity (Wildman–Crippen MR) is 83.7 cm³/mol. The second kappa shape index (κ2) is 6.43. The van der Waals surface area contributed by atoms with Gasteiger partial charge in [0.15, 0.2) is 0 Å². The number of carbonyl (C=O) groups excluding carboxylic acids is 1. The molecule has 0 aliphatic heterocycles. The molecule has 2 heteroatoms. The minimum atomic E-state index is -0.168. The van der Waals surface area contributed by atoms with E-state index in [2.05, 4.69) is 17.4 Å². The predicted octanol–water partition coefficient (Wildman–Crippen LogP) is 4.27. The highest BCUT2D eigenvalue weighted by Crippen LogP contribution is 2.36. The standard InChI is InChI=1S/C18H27NO/c1-18(2,3)19-17(20)16(14-10-6-4-7-11-14)15-12-8-5-9-13-15/h4,6-7,10-11,15-16H,5,8-9,12-13H2,1-3H3,(H,19,20)/t16-/m0/s1. The fourth-order valence-corrected chi connectivity index (χ4v) is 3.21. The zero-order chi connectivity index (χ0) is 14.6. The first-order chi connectivity index (χ1) is 9.47. The highest BCUT2D eigenvalue weighted by atomic mass is 16.2. The summed E-state index contributed by atoms with van der Waals surface area (Å²) < 4.78 is 0. The smallest absolute Gasteiger partial charge is 0.228 e. The summed E-state index contributed by atoms with van der Waals surface area (Å²) in [7, 11) is 0. The second-order valence-corrected chi connectivity index (χ2v) is 7.03. The average Bonchev–Trinajstić information content (AvgIpc) is 2.39. The molecule has 0 unspecified atom stereocenters. The van der Waals surface area contributed by atoms with Gasteiger partial charge in [-0.05, 0) is 45.1 Å². The van der Waals surface area contributed by atoms with Crippen molar-refractivity contribution in [2.45, 2.75) is 64.3 Å². The van der Waals surface area contributed by atoms with Gasteiger partial charge in [-0.25, -0.2) is 0 Å². The van der Waals surface area contributed by atoms with E-state index in [0.717, 1.165) is 0 Å². The lowest BCUT2D eigenvalue weighted by atomic mass is 9.76. The van der Waals surface area contributed by atoms with Gasteiger partial charge in [-0.3, -0.25) is 4.79 Å². The molecule has 0 aromatic heterocycles. The van der Waals surface area contributed by atoms with E-state index in [4.69, 9.17) is 0 Å². The number of nitrogens with one attached hydrogen (secondary N) is 1. The number of amides is 1. The molecule has 1 atom stereocenters. The normalized spacial score (nSPS) is 18.6. The lowest BCUT2D eigenvalue weighted by molar-refractivity contribution is -0.125. The summed E-state index contributed by atoms with van der Waals surface area (Å²) in [5.41, 5.74) is 1.000. The van der Waals surface area contributed by atoms with Gasteiger partial charge in [0.25, 0.3) is 0 Å². The fraction of sp³-hybridized carbons (Fsp3) is 0.611. The van der Waals surface area contributed by atoms with Crippen molar-refractivity contribution in [3.63, 3.8) is 0 Å². The average molecular weight is 273 g/mol. The van der Waals surface area contributed by atoms with Gasteiger partial charge in [0.1, 0.15) is 0 Å². The minimum Gasteiger partial charge on any atom is -0.351 e. The van der Waals surface area contributed by atoms with Crippen molar-refractivity contribution in [2.24, 2.45) is 5.92 Å². The third kappa shape index (κ3) is 4.09. The van der Waals surface area contributed by atoms with Crippen molar-refractivity contribution in [1.29, 1.82) is 0 Å². The van der Waals surface area contributed by atoms with Gasteiger partial charge in [-0.1, -0.05) is 49.6 Å². The van der Waals surface area contributed by atoms with E-state index < -0.39 is 0 Å². The SMILES string of the molecule is CC(C)(C)NC(=O)[C@@H](c1ccccc1)C1CCCCC1. The van der Waals surface area contributed by atoms with Crippen LogP contribution in [-0.2, 0) is 4.79 Å². The Balaban J connectivity index is 2.22. The molecule has 1 aromatic carbocycles. The molecule has 110 valence electrons. The van der Waals surface area contributed by atoms with Crippen LogP contribution in [0.3, 0.4) is 0 Å². The molecule has 0 heterocycles. The molecule has 1 N–H and O–H groups in total. The fourth-order valence-electron chi connectivity index (χ4n) is 3.21. The number of hydrogen-bond acceptors (Lipinski definition) is 1. The number of benzene rings is 1. The van der Waals surface area contributed by atoms with Crippen LogP contribution in [0.15, 0.2) is 30.3 Å². The van der Waals surface area contributed by atoms with Crippen LogP contribution >= 0.6 is 0 Å². The van der Waals surface area contributed by atoms with Crippen LogP contribution in [0.25, 0.3) is 0 Å². The quantitative estimate of drug-likeness (QED) is 0.875. The molecule has 2 rings (SSSR count). The maximum Gasteiger partial charge on any atom is 0.228 e. The molecule has 2 nitrogen and oxygen atoms in total. The van der Waals surface area contributed by atoms with Gasteiger partial charge in [-0.2, -0.15) is 0 Å². The minimum absolute atomic E-state index is 0.00993. The molecule has 1 aliphatic rings. The van der Waals surface area contributed by atoms with Crippen molar-refractivity contribution >= 4 is 5.91 Å². The lowest BCUT2D eigenvalue weighted by Crippen LogP contribution is -2.45. The molecule has 0 saturated heterocycles.